The van der Waals surface area contributed by atoms with Crippen molar-refractivity contribution < 1.29 is 4.74 Å². The van der Waals surface area contributed by atoms with Crippen molar-refractivity contribution in [2.75, 3.05) is 6.61 Å². The Morgan fingerprint density at radius 3 is 2.03 bits per heavy atom. The van der Waals surface area contributed by atoms with Gasteiger partial charge in [0.1, 0.15) is 5.75 Å². The molecule has 3 aliphatic carbocycles. The molecule has 0 saturated heterocycles. The number of rotatable bonds is 7. The molecule has 0 amide bonds. The molecular formula is C29H44O. The van der Waals surface area contributed by atoms with Gasteiger partial charge in [-0.2, -0.15) is 0 Å². The maximum Gasteiger partial charge on any atom is 0.119 e. The standard InChI is InChI=1S/C29H44O/c1-22-3-7-24(8-4-22)9-10-25-13-19-29(20-14-25)30-21-26-11-17-28(18-12-26)27-15-5-23(2)6-16-27/h3,7,13-14,19-20,22-24,26-28H,4-6,8-12,15-18,21H2,1-2H3. The molecular weight excluding hydrogens is 364 g/mol. The summed E-state index contributed by atoms with van der Waals surface area (Å²) in [7, 11) is 0. The molecule has 2 fully saturated rings. The van der Waals surface area contributed by atoms with Crippen LogP contribution in [0.3, 0.4) is 0 Å². The van der Waals surface area contributed by atoms with Gasteiger partial charge in [0.05, 0.1) is 6.61 Å². The second-order valence-electron chi connectivity index (χ2n) is 11.0. The highest BCUT2D eigenvalue weighted by Gasteiger charge is 2.30. The van der Waals surface area contributed by atoms with Gasteiger partial charge in [0, 0.05) is 0 Å². The first kappa shape index (κ1) is 22.0. The summed E-state index contributed by atoms with van der Waals surface area (Å²) >= 11 is 0. The Labute approximate surface area is 185 Å². The molecule has 0 radical (unpaired) electrons. The minimum atomic E-state index is 0.768. The van der Waals surface area contributed by atoms with Gasteiger partial charge in [-0.25, -0.2) is 0 Å². The fourth-order valence-corrected chi connectivity index (χ4v) is 6.16. The van der Waals surface area contributed by atoms with Gasteiger partial charge < -0.3 is 4.74 Å². The van der Waals surface area contributed by atoms with Crippen molar-refractivity contribution in [2.45, 2.75) is 90.9 Å². The normalized spacial score (nSPS) is 34.6. The Balaban J connectivity index is 1.14. The molecule has 0 heterocycles. The number of aryl methyl sites for hydroxylation is 1. The minimum Gasteiger partial charge on any atom is -0.493 e. The summed E-state index contributed by atoms with van der Waals surface area (Å²) in [5, 5.41) is 0. The van der Waals surface area contributed by atoms with Crippen molar-refractivity contribution in [3.63, 3.8) is 0 Å². The van der Waals surface area contributed by atoms with E-state index in [-0.39, 0.29) is 0 Å². The molecule has 1 aromatic rings. The maximum absolute atomic E-state index is 6.19. The van der Waals surface area contributed by atoms with Crippen LogP contribution < -0.4 is 4.74 Å². The molecule has 3 aliphatic rings. The van der Waals surface area contributed by atoms with Crippen LogP contribution in [-0.2, 0) is 6.42 Å². The monoisotopic (exact) mass is 408 g/mol. The van der Waals surface area contributed by atoms with E-state index in [1.807, 2.05) is 0 Å². The zero-order valence-electron chi connectivity index (χ0n) is 19.5. The van der Waals surface area contributed by atoms with E-state index in [2.05, 4.69) is 50.3 Å². The number of ether oxygens (including phenoxy) is 1. The highest BCUT2D eigenvalue weighted by Crippen LogP contribution is 2.41. The van der Waals surface area contributed by atoms with Crippen molar-refractivity contribution in [2.24, 2.45) is 35.5 Å². The van der Waals surface area contributed by atoms with Gasteiger partial charge in [0.2, 0.25) is 0 Å². The Hall–Kier alpha value is -1.24. The van der Waals surface area contributed by atoms with Crippen LogP contribution in [0.4, 0.5) is 0 Å². The molecule has 0 spiro atoms. The average Bonchev–Trinajstić information content (AvgIpc) is 2.79. The van der Waals surface area contributed by atoms with E-state index in [0.717, 1.165) is 47.9 Å². The molecule has 1 aromatic carbocycles. The molecule has 30 heavy (non-hydrogen) atoms. The fraction of sp³-hybridized carbons (Fsp3) is 0.724. The summed E-state index contributed by atoms with van der Waals surface area (Å²) in [6.45, 7) is 5.68. The molecule has 2 saturated carbocycles. The van der Waals surface area contributed by atoms with Crippen LogP contribution in [0.5, 0.6) is 5.75 Å². The molecule has 0 aliphatic heterocycles. The van der Waals surface area contributed by atoms with Crippen molar-refractivity contribution >= 4 is 0 Å². The van der Waals surface area contributed by atoms with Gasteiger partial charge in [-0.05, 0) is 117 Å². The first-order chi connectivity index (χ1) is 14.7. The lowest BCUT2D eigenvalue weighted by atomic mass is 9.69. The van der Waals surface area contributed by atoms with Crippen molar-refractivity contribution in [1.29, 1.82) is 0 Å². The molecule has 166 valence electrons. The topological polar surface area (TPSA) is 9.23 Å². The van der Waals surface area contributed by atoms with Crippen LogP contribution in [-0.4, -0.2) is 6.61 Å². The van der Waals surface area contributed by atoms with Gasteiger partial charge >= 0.3 is 0 Å². The predicted molar refractivity (Wildman–Crippen MR) is 128 cm³/mol. The highest BCUT2D eigenvalue weighted by atomic mass is 16.5. The van der Waals surface area contributed by atoms with Crippen molar-refractivity contribution in [3.05, 3.63) is 42.0 Å². The predicted octanol–water partition coefficient (Wildman–Crippen LogP) is 8.23. The summed E-state index contributed by atoms with van der Waals surface area (Å²) in [4.78, 5) is 0. The molecule has 1 nitrogen and oxygen atoms in total. The van der Waals surface area contributed by atoms with E-state index in [0.29, 0.717) is 0 Å². The van der Waals surface area contributed by atoms with Gasteiger partial charge in [-0.1, -0.05) is 51.0 Å². The third-order valence-electron chi connectivity index (χ3n) is 8.54. The average molecular weight is 409 g/mol. The van der Waals surface area contributed by atoms with E-state index in [9.17, 15) is 0 Å². The van der Waals surface area contributed by atoms with Crippen LogP contribution in [0.1, 0.15) is 90.0 Å². The van der Waals surface area contributed by atoms with Crippen molar-refractivity contribution in [1.82, 2.24) is 0 Å². The van der Waals surface area contributed by atoms with E-state index in [1.165, 1.54) is 82.6 Å². The highest BCUT2D eigenvalue weighted by molar-refractivity contribution is 5.27. The second-order valence-corrected chi connectivity index (χ2v) is 11.0. The zero-order valence-corrected chi connectivity index (χ0v) is 19.5. The number of allylic oxidation sites excluding steroid dienone is 2. The smallest absolute Gasteiger partial charge is 0.119 e. The Kier molecular flexibility index (Phi) is 7.96. The summed E-state index contributed by atoms with van der Waals surface area (Å²) < 4.78 is 6.19. The fourth-order valence-electron chi connectivity index (χ4n) is 6.16. The maximum atomic E-state index is 6.19. The van der Waals surface area contributed by atoms with Crippen molar-refractivity contribution in [3.8, 4) is 5.75 Å². The number of hydrogen-bond donors (Lipinski definition) is 0. The van der Waals surface area contributed by atoms with E-state index < -0.39 is 0 Å². The van der Waals surface area contributed by atoms with Gasteiger partial charge in [0.25, 0.3) is 0 Å². The van der Waals surface area contributed by atoms with Gasteiger partial charge in [-0.15, -0.1) is 0 Å². The lowest BCUT2D eigenvalue weighted by Gasteiger charge is -2.37. The summed E-state index contributed by atoms with van der Waals surface area (Å²) in [5.74, 6) is 6.41. The number of benzene rings is 1. The molecule has 0 aromatic heterocycles. The second kappa shape index (κ2) is 10.9. The zero-order chi connectivity index (χ0) is 20.8. The van der Waals surface area contributed by atoms with Crippen LogP contribution >= 0.6 is 0 Å². The van der Waals surface area contributed by atoms with E-state index in [4.69, 9.17) is 4.74 Å². The summed E-state index contributed by atoms with van der Waals surface area (Å²) in [6, 6.07) is 8.96. The van der Waals surface area contributed by atoms with E-state index >= 15 is 0 Å². The molecule has 2 unspecified atom stereocenters. The lowest BCUT2D eigenvalue weighted by Crippen LogP contribution is -2.27. The molecule has 1 heteroatoms. The van der Waals surface area contributed by atoms with Crippen LogP contribution in [0.25, 0.3) is 0 Å². The van der Waals surface area contributed by atoms with Gasteiger partial charge in [0.15, 0.2) is 0 Å². The number of hydrogen-bond acceptors (Lipinski definition) is 1. The third-order valence-corrected chi connectivity index (χ3v) is 8.54. The Morgan fingerprint density at radius 2 is 1.40 bits per heavy atom. The Bertz CT molecular complexity index is 643. The van der Waals surface area contributed by atoms with E-state index in [1.54, 1.807) is 0 Å². The summed E-state index contributed by atoms with van der Waals surface area (Å²) in [5.41, 5.74) is 1.46. The van der Waals surface area contributed by atoms with Crippen LogP contribution in [0.15, 0.2) is 36.4 Å². The molecule has 2 atom stereocenters. The molecule has 4 rings (SSSR count). The largest absolute Gasteiger partial charge is 0.493 e. The lowest BCUT2D eigenvalue weighted by molar-refractivity contribution is 0.126. The van der Waals surface area contributed by atoms with Crippen LogP contribution in [0, 0.1) is 35.5 Å². The third kappa shape index (κ3) is 6.38. The van der Waals surface area contributed by atoms with Crippen LogP contribution in [0.2, 0.25) is 0 Å². The minimum absolute atomic E-state index is 0.768. The first-order valence-electron chi connectivity index (χ1n) is 13.1. The molecule has 0 bridgehead atoms. The quantitative estimate of drug-likeness (QED) is 0.413. The Morgan fingerprint density at radius 1 is 0.733 bits per heavy atom. The van der Waals surface area contributed by atoms with Gasteiger partial charge in [-0.3, -0.25) is 0 Å². The summed E-state index contributed by atoms with van der Waals surface area (Å²) in [6.07, 6.45) is 21.6. The molecule has 0 N–H and O–H groups in total. The SMILES string of the molecule is CC1C=CC(CCc2ccc(OCC3CCC(C4CCC(C)CC4)CC3)cc2)CC1. The first-order valence-corrected chi connectivity index (χ1v) is 13.1.